The van der Waals surface area contributed by atoms with Crippen LogP contribution in [0.1, 0.15) is 17.0 Å². The van der Waals surface area contributed by atoms with Crippen LogP contribution in [0.25, 0.3) is 11.5 Å². The van der Waals surface area contributed by atoms with Gasteiger partial charge in [-0.1, -0.05) is 23.2 Å². The fraction of sp³-hybridized carbons (Fsp3) is 0.214. The molecule has 0 saturated carbocycles. The SMILES string of the molecule is Cc1nc2nc(N)n(-c3ccccc3)[n+]2c(C)c1C. The molecule has 0 bridgehead atoms. The summed E-state index contributed by atoms with van der Waals surface area (Å²) in [5.74, 6) is 1.06. The first kappa shape index (κ1) is 11.6. The molecule has 0 radical (unpaired) electrons. The van der Waals surface area contributed by atoms with Crippen molar-refractivity contribution in [3.05, 3.63) is 47.3 Å². The van der Waals surface area contributed by atoms with E-state index < -0.39 is 0 Å². The quantitative estimate of drug-likeness (QED) is 0.670. The Morgan fingerprint density at radius 2 is 1.74 bits per heavy atom. The zero-order chi connectivity index (χ0) is 13.6. The summed E-state index contributed by atoms with van der Waals surface area (Å²) in [6.45, 7) is 6.10. The van der Waals surface area contributed by atoms with Crippen LogP contribution in [0, 0.1) is 20.8 Å². The van der Waals surface area contributed by atoms with Crippen LogP contribution in [0.5, 0.6) is 0 Å². The van der Waals surface area contributed by atoms with E-state index in [-0.39, 0.29) is 0 Å². The molecule has 0 fully saturated rings. The lowest BCUT2D eigenvalue weighted by atomic mass is 10.2. The minimum absolute atomic E-state index is 0.437. The molecule has 0 atom stereocenters. The monoisotopic (exact) mass is 254 g/mol. The first-order valence-electron chi connectivity index (χ1n) is 6.19. The maximum atomic E-state index is 6.05. The zero-order valence-corrected chi connectivity index (χ0v) is 11.3. The molecule has 0 saturated heterocycles. The Balaban J connectivity index is 2.43. The lowest BCUT2D eigenvalue weighted by Gasteiger charge is -2.06. The summed E-state index contributed by atoms with van der Waals surface area (Å²) in [4.78, 5) is 8.84. The molecule has 19 heavy (non-hydrogen) atoms. The summed E-state index contributed by atoms with van der Waals surface area (Å²) < 4.78 is 3.83. The van der Waals surface area contributed by atoms with Crippen molar-refractivity contribution < 1.29 is 4.52 Å². The number of para-hydroxylation sites is 1. The van der Waals surface area contributed by atoms with Gasteiger partial charge in [-0.2, -0.15) is 4.68 Å². The zero-order valence-electron chi connectivity index (χ0n) is 11.3. The van der Waals surface area contributed by atoms with Gasteiger partial charge < -0.3 is 5.73 Å². The molecule has 0 spiro atoms. The molecule has 2 aromatic heterocycles. The summed E-state index contributed by atoms with van der Waals surface area (Å²) in [5.41, 5.74) is 10.2. The van der Waals surface area contributed by atoms with Crippen molar-refractivity contribution in [3.63, 3.8) is 0 Å². The number of benzene rings is 1. The topological polar surface area (TPSA) is 60.8 Å². The van der Waals surface area contributed by atoms with E-state index in [2.05, 4.69) is 23.8 Å². The Labute approximate surface area is 111 Å². The van der Waals surface area contributed by atoms with Gasteiger partial charge in [-0.05, 0) is 37.9 Å². The van der Waals surface area contributed by atoms with Crippen LogP contribution in [0.4, 0.5) is 5.95 Å². The first-order valence-corrected chi connectivity index (χ1v) is 6.19. The van der Waals surface area contributed by atoms with Crippen molar-refractivity contribution in [1.82, 2.24) is 14.6 Å². The molecule has 0 unspecified atom stereocenters. The van der Waals surface area contributed by atoms with E-state index in [1.165, 1.54) is 0 Å². The number of hydrogen-bond acceptors (Lipinski definition) is 3. The molecule has 2 heterocycles. The molecule has 3 aromatic rings. The van der Waals surface area contributed by atoms with Crippen LogP contribution in [0.15, 0.2) is 30.3 Å². The van der Waals surface area contributed by atoms with Crippen LogP contribution in [0.3, 0.4) is 0 Å². The number of nitrogens with two attached hydrogens (primary N) is 1. The smallest absolute Gasteiger partial charge is 0.353 e. The Kier molecular flexibility index (Phi) is 2.48. The number of nitrogen functional groups attached to an aromatic ring is 1. The van der Waals surface area contributed by atoms with Gasteiger partial charge >= 0.3 is 11.7 Å². The van der Waals surface area contributed by atoms with Crippen LogP contribution in [-0.4, -0.2) is 14.6 Å². The molecular formula is C14H16N5+. The first-order chi connectivity index (χ1) is 9.09. The van der Waals surface area contributed by atoms with Gasteiger partial charge in [-0.3, -0.25) is 0 Å². The van der Waals surface area contributed by atoms with Gasteiger partial charge in [0.1, 0.15) is 11.4 Å². The Hall–Kier alpha value is -2.43. The van der Waals surface area contributed by atoms with Gasteiger partial charge in [0.25, 0.3) is 0 Å². The average Bonchev–Trinajstić information content (AvgIpc) is 2.73. The predicted molar refractivity (Wildman–Crippen MR) is 73.1 cm³/mol. The molecule has 2 N–H and O–H groups in total. The molecule has 5 heteroatoms. The molecule has 96 valence electrons. The number of nitrogens with zero attached hydrogens (tertiary/aromatic N) is 4. The summed E-state index contributed by atoms with van der Waals surface area (Å²) in [6, 6.07) is 9.93. The van der Waals surface area contributed by atoms with Gasteiger partial charge in [-0.15, -0.1) is 4.52 Å². The minimum atomic E-state index is 0.437. The molecule has 0 aliphatic heterocycles. The maximum Gasteiger partial charge on any atom is 0.459 e. The third kappa shape index (κ3) is 1.66. The van der Waals surface area contributed by atoms with E-state index in [1.54, 1.807) is 0 Å². The highest BCUT2D eigenvalue weighted by molar-refractivity contribution is 5.40. The molecule has 5 nitrogen and oxygen atoms in total. The van der Waals surface area contributed by atoms with E-state index in [1.807, 2.05) is 46.5 Å². The van der Waals surface area contributed by atoms with E-state index in [0.717, 1.165) is 22.6 Å². The summed E-state index contributed by atoms with van der Waals surface area (Å²) in [5, 5.41) is 0. The second-order valence-corrected chi connectivity index (χ2v) is 4.64. The molecule has 0 amide bonds. The number of hydrogen-bond donors (Lipinski definition) is 1. The fourth-order valence-corrected chi connectivity index (χ4v) is 2.23. The average molecular weight is 254 g/mol. The summed E-state index contributed by atoms with van der Waals surface area (Å²) >= 11 is 0. The van der Waals surface area contributed by atoms with E-state index in [4.69, 9.17) is 5.73 Å². The lowest BCUT2D eigenvalue weighted by molar-refractivity contribution is -0.606. The number of rotatable bonds is 1. The highest BCUT2D eigenvalue weighted by atomic mass is 15.5. The standard InChI is InChI=1S/C14H15N5/c1-9-10(2)16-14-17-13(15)19(18(14)11(9)3)12-7-5-4-6-8-12/h4-8,15H,1-3H3/p+1. The number of fused-ring (bicyclic) bond motifs is 1. The van der Waals surface area contributed by atoms with Crippen molar-refractivity contribution in [2.75, 3.05) is 5.73 Å². The van der Waals surface area contributed by atoms with Crippen molar-refractivity contribution in [2.24, 2.45) is 0 Å². The summed E-state index contributed by atoms with van der Waals surface area (Å²) in [7, 11) is 0. The van der Waals surface area contributed by atoms with Crippen molar-refractivity contribution in [1.29, 1.82) is 0 Å². The normalized spacial score (nSPS) is 11.1. The molecule has 1 aromatic carbocycles. The van der Waals surface area contributed by atoms with Gasteiger partial charge in [-0.25, -0.2) is 0 Å². The van der Waals surface area contributed by atoms with Crippen molar-refractivity contribution >= 4 is 11.7 Å². The fourth-order valence-electron chi connectivity index (χ4n) is 2.23. The lowest BCUT2D eigenvalue weighted by Crippen LogP contribution is -2.37. The van der Waals surface area contributed by atoms with E-state index >= 15 is 0 Å². The third-order valence-corrected chi connectivity index (χ3v) is 3.49. The van der Waals surface area contributed by atoms with Gasteiger partial charge in [0.15, 0.2) is 0 Å². The van der Waals surface area contributed by atoms with E-state index in [9.17, 15) is 0 Å². The highest BCUT2D eigenvalue weighted by Crippen LogP contribution is 2.13. The predicted octanol–water partition coefficient (Wildman–Crippen LogP) is 1.51. The van der Waals surface area contributed by atoms with Gasteiger partial charge in [0.05, 0.1) is 5.69 Å². The number of aryl methyl sites for hydroxylation is 2. The van der Waals surface area contributed by atoms with Crippen LogP contribution in [-0.2, 0) is 0 Å². The Morgan fingerprint density at radius 1 is 1.05 bits per heavy atom. The van der Waals surface area contributed by atoms with Crippen LogP contribution < -0.4 is 10.2 Å². The summed E-state index contributed by atoms with van der Waals surface area (Å²) in [6.07, 6.45) is 0. The van der Waals surface area contributed by atoms with Crippen LogP contribution >= 0.6 is 0 Å². The second kappa shape index (κ2) is 4.05. The van der Waals surface area contributed by atoms with Crippen molar-refractivity contribution in [2.45, 2.75) is 20.8 Å². The minimum Gasteiger partial charge on any atom is -0.353 e. The largest absolute Gasteiger partial charge is 0.459 e. The molecule has 0 aliphatic carbocycles. The highest BCUT2D eigenvalue weighted by Gasteiger charge is 2.23. The Morgan fingerprint density at radius 3 is 2.42 bits per heavy atom. The maximum absolute atomic E-state index is 6.05. The van der Waals surface area contributed by atoms with Gasteiger partial charge in [0.2, 0.25) is 0 Å². The number of anilines is 1. The third-order valence-electron chi connectivity index (χ3n) is 3.49. The second-order valence-electron chi connectivity index (χ2n) is 4.64. The molecule has 3 rings (SSSR count). The number of aromatic nitrogens is 4. The van der Waals surface area contributed by atoms with E-state index in [0.29, 0.717) is 11.7 Å². The van der Waals surface area contributed by atoms with Gasteiger partial charge in [0, 0.05) is 5.56 Å². The van der Waals surface area contributed by atoms with Crippen LogP contribution in [0.2, 0.25) is 0 Å². The Bertz CT molecular complexity index is 759. The van der Waals surface area contributed by atoms with Crippen molar-refractivity contribution in [3.8, 4) is 5.69 Å². The molecule has 0 aliphatic rings. The molecular weight excluding hydrogens is 238 g/mol.